The molecule has 0 aromatic carbocycles. The molecular formula is C18H38KO+. The van der Waals surface area contributed by atoms with Crippen LogP contribution in [0, 0.1) is 0 Å². The molecule has 0 fully saturated rings. The Bertz CT molecular complexity index is 134. The number of ether oxygens (including phenoxy) is 1. The van der Waals surface area contributed by atoms with E-state index < -0.39 is 0 Å². The van der Waals surface area contributed by atoms with Crippen molar-refractivity contribution in [3.05, 3.63) is 0 Å². The van der Waals surface area contributed by atoms with Crippen LogP contribution in [-0.4, -0.2) is 13.2 Å². The van der Waals surface area contributed by atoms with Crippen molar-refractivity contribution < 1.29 is 56.1 Å². The zero-order valence-electron chi connectivity index (χ0n) is 14.7. The van der Waals surface area contributed by atoms with Crippen LogP contribution in [0.15, 0.2) is 0 Å². The fourth-order valence-electron chi connectivity index (χ4n) is 2.42. The van der Waals surface area contributed by atoms with Crippen molar-refractivity contribution in [1.29, 1.82) is 0 Å². The van der Waals surface area contributed by atoms with E-state index in [1.54, 1.807) is 0 Å². The summed E-state index contributed by atoms with van der Waals surface area (Å²) in [4.78, 5) is 0. The van der Waals surface area contributed by atoms with E-state index in [0.717, 1.165) is 13.2 Å². The molecule has 0 spiro atoms. The molecular weight excluding hydrogens is 271 g/mol. The first kappa shape index (κ1) is 23.9. The first-order chi connectivity index (χ1) is 9.41. The summed E-state index contributed by atoms with van der Waals surface area (Å²) in [5.74, 6) is 0. The minimum Gasteiger partial charge on any atom is -0.381 e. The maximum atomic E-state index is 5.69. The van der Waals surface area contributed by atoms with Crippen molar-refractivity contribution in [2.45, 2.75) is 104 Å². The summed E-state index contributed by atoms with van der Waals surface area (Å²) in [7, 11) is 0. The monoisotopic (exact) mass is 309 g/mol. The van der Waals surface area contributed by atoms with Gasteiger partial charge in [0.25, 0.3) is 0 Å². The average Bonchev–Trinajstić information content (AvgIpc) is 2.43. The van der Waals surface area contributed by atoms with E-state index in [1.807, 2.05) is 0 Å². The summed E-state index contributed by atoms with van der Waals surface area (Å²) in [6.45, 7) is 6.53. The van der Waals surface area contributed by atoms with E-state index in [9.17, 15) is 0 Å². The average molecular weight is 310 g/mol. The molecule has 0 amide bonds. The fraction of sp³-hybridized carbons (Fsp3) is 1.00. The topological polar surface area (TPSA) is 9.23 Å². The molecule has 0 aliphatic rings. The third-order valence-electron chi connectivity index (χ3n) is 3.78. The Kier molecular flexibility index (Phi) is 27.3. The molecule has 20 heavy (non-hydrogen) atoms. The molecule has 2 heteroatoms. The minimum atomic E-state index is 0. The van der Waals surface area contributed by atoms with Crippen molar-refractivity contribution in [2.75, 3.05) is 13.2 Å². The van der Waals surface area contributed by atoms with Gasteiger partial charge in [0.1, 0.15) is 0 Å². The number of rotatable bonds is 16. The quantitative estimate of drug-likeness (QED) is 0.313. The van der Waals surface area contributed by atoms with Gasteiger partial charge < -0.3 is 4.74 Å². The van der Waals surface area contributed by atoms with Crippen LogP contribution >= 0.6 is 0 Å². The Labute approximate surface area is 171 Å². The first-order valence-electron chi connectivity index (χ1n) is 8.99. The van der Waals surface area contributed by atoms with Crippen molar-refractivity contribution in [3.63, 3.8) is 0 Å². The van der Waals surface area contributed by atoms with Gasteiger partial charge in [-0.25, -0.2) is 0 Å². The Morgan fingerprint density at radius 1 is 0.450 bits per heavy atom. The first-order valence-corrected chi connectivity index (χ1v) is 8.99. The molecule has 0 radical (unpaired) electrons. The second-order valence-corrected chi connectivity index (χ2v) is 5.86. The molecule has 0 aromatic heterocycles. The van der Waals surface area contributed by atoms with Crippen LogP contribution < -0.4 is 51.4 Å². The van der Waals surface area contributed by atoms with E-state index in [4.69, 9.17) is 4.74 Å². The van der Waals surface area contributed by atoms with Gasteiger partial charge in [0, 0.05) is 13.2 Å². The maximum Gasteiger partial charge on any atom is 1.00 e. The van der Waals surface area contributed by atoms with Crippen molar-refractivity contribution in [3.8, 4) is 0 Å². The van der Waals surface area contributed by atoms with Gasteiger partial charge in [-0.05, 0) is 12.8 Å². The zero-order chi connectivity index (χ0) is 14.0. The van der Waals surface area contributed by atoms with E-state index in [-0.39, 0.29) is 51.4 Å². The Hall–Kier alpha value is 1.60. The van der Waals surface area contributed by atoms with Crippen molar-refractivity contribution in [2.24, 2.45) is 0 Å². The van der Waals surface area contributed by atoms with Crippen LogP contribution in [0.2, 0.25) is 0 Å². The van der Waals surface area contributed by atoms with Gasteiger partial charge >= 0.3 is 51.4 Å². The third kappa shape index (κ3) is 21.9. The molecule has 0 N–H and O–H groups in total. The van der Waals surface area contributed by atoms with E-state index in [1.165, 1.54) is 89.9 Å². The third-order valence-corrected chi connectivity index (χ3v) is 3.78. The fourth-order valence-corrected chi connectivity index (χ4v) is 2.42. The smallest absolute Gasteiger partial charge is 0.381 e. The van der Waals surface area contributed by atoms with Crippen LogP contribution in [0.5, 0.6) is 0 Å². The molecule has 0 aliphatic carbocycles. The molecule has 0 saturated carbocycles. The van der Waals surface area contributed by atoms with Crippen molar-refractivity contribution in [1.82, 2.24) is 0 Å². The summed E-state index contributed by atoms with van der Waals surface area (Å²) in [6, 6.07) is 0. The zero-order valence-corrected chi connectivity index (χ0v) is 17.8. The second kappa shape index (κ2) is 22.9. The Morgan fingerprint density at radius 3 is 1.10 bits per heavy atom. The van der Waals surface area contributed by atoms with E-state index >= 15 is 0 Å². The summed E-state index contributed by atoms with van der Waals surface area (Å²) >= 11 is 0. The van der Waals surface area contributed by atoms with Gasteiger partial charge in [0.15, 0.2) is 0 Å². The van der Waals surface area contributed by atoms with Gasteiger partial charge in [-0.2, -0.15) is 0 Å². The molecule has 0 unspecified atom stereocenters. The minimum absolute atomic E-state index is 0. The van der Waals surface area contributed by atoms with E-state index in [2.05, 4.69) is 13.8 Å². The maximum absolute atomic E-state index is 5.69. The molecule has 0 aliphatic heterocycles. The SMILES string of the molecule is CCCCCCCCCOCCCCCCCCC.[K+]. The second-order valence-electron chi connectivity index (χ2n) is 5.86. The van der Waals surface area contributed by atoms with Crippen LogP contribution in [0.1, 0.15) is 104 Å². The molecule has 0 heterocycles. The normalized spacial score (nSPS) is 10.5. The van der Waals surface area contributed by atoms with E-state index in [0.29, 0.717) is 0 Å². The summed E-state index contributed by atoms with van der Waals surface area (Å²) in [5.41, 5.74) is 0. The van der Waals surface area contributed by atoms with Crippen LogP contribution in [-0.2, 0) is 4.74 Å². The summed E-state index contributed by atoms with van der Waals surface area (Å²) < 4.78 is 5.69. The molecule has 0 rings (SSSR count). The summed E-state index contributed by atoms with van der Waals surface area (Å²) in [5, 5.41) is 0. The molecule has 0 bridgehead atoms. The van der Waals surface area contributed by atoms with Gasteiger partial charge in [-0.3, -0.25) is 0 Å². The van der Waals surface area contributed by atoms with Crippen molar-refractivity contribution >= 4 is 0 Å². The predicted octanol–water partition coefficient (Wildman–Crippen LogP) is 3.51. The predicted molar refractivity (Wildman–Crippen MR) is 86.8 cm³/mol. The molecule has 0 saturated heterocycles. The molecule has 1 nitrogen and oxygen atoms in total. The molecule has 116 valence electrons. The van der Waals surface area contributed by atoms with Crippen LogP contribution in [0.4, 0.5) is 0 Å². The van der Waals surface area contributed by atoms with Gasteiger partial charge in [0.05, 0.1) is 0 Å². The Morgan fingerprint density at radius 2 is 0.750 bits per heavy atom. The number of hydrogen-bond acceptors (Lipinski definition) is 1. The summed E-state index contributed by atoms with van der Waals surface area (Å²) in [6.07, 6.45) is 19.3. The van der Waals surface area contributed by atoms with Crippen LogP contribution in [0.25, 0.3) is 0 Å². The number of hydrogen-bond donors (Lipinski definition) is 0. The van der Waals surface area contributed by atoms with Crippen LogP contribution in [0.3, 0.4) is 0 Å². The Balaban J connectivity index is 0. The number of unbranched alkanes of at least 4 members (excludes halogenated alkanes) is 12. The van der Waals surface area contributed by atoms with Gasteiger partial charge in [0.2, 0.25) is 0 Å². The van der Waals surface area contributed by atoms with Gasteiger partial charge in [-0.15, -0.1) is 0 Å². The standard InChI is InChI=1S/C18H38O.K/c1-3-5-7-9-11-13-15-17-19-18-16-14-12-10-8-6-4-2;/h3-18H2,1-2H3;/q;+1. The molecule has 0 atom stereocenters. The largest absolute Gasteiger partial charge is 1.00 e. The van der Waals surface area contributed by atoms with Gasteiger partial charge in [-0.1, -0.05) is 90.9 Å². The molecule has 0 aromatic rings.